The van der Waals surface area contributed by atoms with Gasteiger partial charge in [0.1, 0.15) is 0 Å². The Hall–Kier alpha value is -1.13. The molecule has 1 aliphatic carbocycles. The molecule has 0 unspecified atom stereocenters. The molecule has 2 aromatic rings. The number of anilines is 1. The van der Waals surface area contributed by atoms with Gasteiger partial charge in [0.05, 0.1) is 10.2 Å². The summed E-state index contributed by atoms with van der Waals surface area (Å²) in [5, 5.41) is 4.51. The van der Waals surface area contributed by atoms with Crippen LogP contribution in [0.4, 0.5) is 5.13 Å². The molecule has 0 aliphatic heterocycles. The lowest BCUT2D eigenvalue weighted by Crippen LogP contribution is -2.42. The number of fused-ring (bicyclic) bond motifs is 1. The van der Waals surface area contributed by atoms with E-state index in [-0.39, 0.29) is 6.04 Å². The zero-order chi connectivity index (χ0) is 11.7. The highest BCUT2D eigenvalue weighted by Crippen LogP contribution is 2.28. The van der Waals surface area contributed by atoms with Crippen molar-refractivity contribution < 1.29 is 0 Å². The van der Waals surface area contributed by atoms with Gasteiger partial charge in [0, 0.05) is 12.1 Å². The molecule has 3 nitrogen and oxygen atoms in total. The molecule has 0 saturated heterocycles. The highest BCUT2D eigenvalue weighted by Gasteiger charge is 2.22. The van der Waals surface area contributed by atoms with Crippen LogP contribution in [0.15, 0.2) is 24.3 Å². The van der Waals surface area contributed by atoms with E-state index in [4.69, 9.17) is 5.73 Å². The van der Waals surface area contributed by atoms with E-state index in [1.54, 1.807) is 11.3 Å². The fourth-order valence-electron chi connectivity index (χ4n) is 2.43. The van der Waals surface area contributed by atoms with Crippen molar-refractivity contribution in [3.8, 4) is 0 Å². The zero-order valence-electron chi connectivity index (χ0n) is 9.73. The molecule has 1 saturated carbocycles. The Bertz CT molecular complexity index is 475. The quantitative estimate of drug-likeness (QED) is 0.857. The Balaban J connectivity index is 1.79. The van der Waals surface area contributed by atoms with E-state index >= 15 is 0 Å². The Labute approximate surface area is 105 Å². The molecule has 1 aliphatic rings. The smallest absolute Gasteiger partial charge is 0.184 e. The number of hydrogen-bond donors (Lipinski definition) is 2. The number of hydrogen-bond acceptors (Lipinski definition) is 4. The van der Waals surface area contributed by atoms with E-state index in [9.17, 15) is 0 Å². The zero-order valence-corrected chi connectivity index (χ0v) is 10.5. The topological polar surface area (TPSA) is 50.9 Å². The van der Waals surface area contributed by atoms with Gasteiger partial charge in [-0.25, -0.2) is 4.98 Å². The van der Waals surface area contributed by atoms with Gasteiger partial charge in [0.15, 0.2) is 5.13 Å². The minimum atomic E-state index is 0.274. The maximum Gasteiger partial charge on any atom is 0.184 e. The molecule has 1 aromatic carbocycles. The average molecular weight is 247 g/mol. The predicted octanol–water partition coefficient (Wildman–Crippen LogP) is 2.98. The first-order chi connectivity index (χ1) is 8.33. The third-order valence-electron chi connectivity index (χ3n) is 3.42. The van der Waals surface area contributed by atoms with E-state index in [1.807, 2.05) is 6.07 Å². The van der Waals surface area contributed by atoms with Crippen molar-refractivity contribution in [1.29, 1.82) is 0 Å². The number of para-hydroxylation sites is 1. The molecule has 2 atom stereocenters. The van der Waals surface area contributed by atoms with Crippen LogP contribution in [0.25, 0.3) is 10.2 Å². The van der Waals surface area contributed by atoms with Crippen LogP contribution in [0.2, 0.25) is 0 Å². The normalized spacial score (nSPS) is 25.0. The van der Waals surface area contributed by atoms with E-state index in [0.717, 1.165) is 23.5 Å². The second-order valence-electron chi connectivity index (χ2n) is 4.69. The summed E-state index contributed by atoms with van der Waals surface area (Å²) in [5.41, 5.74) is 7.21. The maximum absolute atomic E-state index is 6.14. The van der Waals surface area contributed by atoms with Crippen LogP contribution in [0.1, 0.15) is 25.7 Å². The Kier molecular flexibility index (Phi) is 2.99. The van der Waals surface area contributed by atoms with Gasteiger partial charge >= 0.3 is 0 Å². The third kappa shape index (κ3) is 2.28. The van der Waals surface area contributed by atoms with Crippen LogP contribution in [-0.2, 0) is 0 Å². The van der Waals surface area contributed by atoms with Crippen LogP contribution in [0.5, 0.6) is 0 Å². The summed E-state index contributed by atoms with van der Waals surface area (Å²) < 4.78 is 1.24. The molecular weight excluding hydrogens is 230 g/mol. The van der Waals surface area contributed by atoms with Gasteiger partial charge in [-0.2, -0.15) is 0 Å². The molecule has 1 fully saturated rings. The minimum Gasteiger partial charge on any atom is -0.357 e. The van der Waals surface area contributed by atoms with Crippen molar-refractivity contribution in [2.24, 2.45) is 5.73 Å². The molecule has 0 spiro atoms. The van der Waals surface area contributed by atoms with E-state index in [1.165, 1.54) is 17.5 Å². The van der Waals surface area contributed by atoms with Gasteiger partial charge in [0.2, 0.25) is 0 Å². The highest BCUT2D eigenvalue weighted by atomic mass is 32.1. The van der Waals surface area contributed by atoms with Gasteiger partial charge in [-0.05, 0) is 25.0 Å². The van der Waals surface area contributed by atoms with Crippen molar-refractivity contribution in [3.63, 3.8) is 0 Å². The monoisotopic (exact) mass is 247 g/mol. The summed E-state index contributed by atoms with van der Waals surface area (Å²) in [5.74, 6) is 0. The summed E-state index contributed by atoms with van der Waals surface area (Å²) in [6.45, 7) is 0. The molecule has 17 heavy (non-hydrogen) atoms. The summed E-state index contributed by atoms with van der Waals surface area (Å²) in [4.78, 5) is 4.59. The fraction of sp³-hybridized carbons (Fsp3) is 0.462. The fourth-order valence-corrected chi connectivity index (χ4v) is 3.36. The van der Waals surface area contributed by atoms with Crippen LogP contribution >= 0.6 is 11.3 Å². The predicted molar refractivity (Wildman–Crippen MR) is 73.5 cm³/mol. The molecule has 1 aromatic heterocycles. The summed E-state index contributed by atoms with van der Waals surface area (Å²) in [7, 11) is 0. The largest absolute Gasteiger partial charge is 0.357 e. The molecule has 0 bridgehead atoms. The second-order valence-corrected chi connectivity index (χ2v) is 5.72. The van der Waals surface area contributed by atoms with Crippen LogP contribution in [0.3, 0.4) is 0 Å². The molecule has 0 radical (unpaired) electrons. The lowest BCUT2D eigenvalue weighted by Gasteiger charge is -2.28. The lowest BCUT2D eigenvalue weighted by molar-refractivity contribution is 0.404. The van der Waals surface area contributed by atoms with Gasteiger partial charge in [-0.1, -0.05) is 36.3 Å². The maximum atomic E-state index is 6.14. The van der Waals surface area contributed by atoms with Crippen molar-refractivity contribution in [3.05, 3.63) is 24.3 Å². The number of nitrogens with one attached hydrogen (secondary N) is 1. The van der Waals surface area contributed by atoms with Crippen molar-refractivity contribution in [2.75, 3.05) is 5.32 Å². The molecular formula is C13H17N3S. The number of rotatable bonds is 2. The van der Waals surface area contributed by atoms with Crippen LogP contribution in [0, 0.1) is 0 Å². The van der Waals surface area contributed by atoms with Crippen molar-refractivity contribution >= 4 is 26.7 Å². The van der Waals surface area contributed by atoms with E-state index < -0.39 is 0 Å². The summed E-state index contributed by atoms with van der Waals surface area (Å²) in [6.07, 6.45) is 4.83. The molecule has 3 rings (SSSR count). The number of nitrogens with zero attached hydrogens (tertiary/aromatic N) is 1. The highest BCUT2D eigenvalue weighted by molar-refractivity contribution is 7.22. The molecule has 1 heterocycles. The third-order valence-corrected chi connectivity index (χ3v) is 4.39. The van der Waals surface area contributed by atoms with E-state index in [0.29, 0.717) is 6.04 Å². The Morgan fingerprint density at radius 1 is 1.24 bits per heavy atom. The first-order valence-corrected chi connectivity index (χ1v) is 7.02. The van der Waals surface area contributed by atoms with Crippen molar-refractivity contribution in [2.45, 2.75) is 37.8 Å². The first kappa shape index (κ1) is 11.0. The molecule has 90 valence electrons. The molecule has 4 heteroatoms. The van der Waals surface area contributed by atoms with Crippen LogP contribution in [-0.4, -0.2) is 17.1 Å². The number of thiazole rings is 1. The average Bonchev–Trinajstić information content (AvgIpc) is 2.74. The second kappa shape index (κ2) is 4.63. The summed E-state index contributed by atoms with van der Waals surface area (Å²) >= 11 is 1.72. The van der Waals surface area contributed by atoms with Gasteiger partial charge < -0.3 is 11.1 Å². The SMILES string of the molecule is N[C@@H]1CCCC[C@H]1Nc1nc2ccccc2s1. The minimum absolute atomic E-state index is 0.274. The Morgan fingerprint density at radius 3 is 2.88 bits per heavy atom. The Morgan fingerprint density at radius 2 is 2.06 bits per heavy atom. The van der Waals surface area contributed by atoms with Crippen molar-refractivity contribution in [1.82, 2.24) is 4.98 Å². The number of nitrogens with two attached hydrogens (primary N) is 1. The summed E-state index contributed by atoms with van der Waals surface area (Å²) in [6, 6.07) is 8.91. The van der Waals surface area contributed by atoms with E-state index in [2.05, 4.69) is 28.5 Å². The number of aromatic nitrogens is 1. The molecule has 3 N–H and O–H groups in total. The number of benzene rings is 1. The van der Waals surface area contributed by atoms with Gasteiger partial charge in [0.25, 0.3) is 0 Å². The first-order valence-electron chi connectivity index (χ1n) is 6.20. The molecule has 0 amide bonds. The lowest BCUT2D eigenvalue weighted by atomic mass is 9.91. The van der Waals surface area contributed by atoms with Crippen LogP contribution < -0.4 is 11.1 Å². The van der Waals surface area contributed by atoms with Gasteiger partial charge in [-0.3, -0.25) is 0 Å². The standard InChI is InChI=1S/C13H17N3S/c14-9-5-1-2-6-10(9)15-13-16-11-7-3-4-8-12(11)17-13/h3-4,7-10H,1-2,5-6,14H2,(H,15,16)/t9-,10-/m1/s1. The van der Waals surface area contributed by atoms with Gasteiger partial charge in [-0.15, -0.1) is 0 Å².